The Labute approximate surface area is 295 Å². The number of hydrogen-bond acceptors (Lipinski definition) is 7. The summed E-state index contributed by atoms with van der Waals surface area (Å²) in [5.41, 5.74) is 7.46. The lowest BCUT2D eigenvalue weighted by atomic mass is 9.81. The van der Waals surface area contributed by atoms with Gasteiger partial charge in [0, 0.05) is 54.8 Å². The second-order valence-electron chi connectivity index (χ2n) is 13.3. The lowest BCUT2D eigenvalue weighted by molar-refractivity contribution is -0.442. The van der Waals surface area contributed by atoms with Gasteiger partial charge in [-0.15, -0.1) is 0 Å². The molecule has 2 aliphatic rings. The second-order valence-corrected chi connectivity index (χ2v) is 13.3. The van der Waals surface area contributed by atoms with Crippen molar-refractivity contribution >= 4 is 17.1 Å². The average Bonchev–Trinajstić information content (AvgIpc) is 3.45. The first kappa shape index (κ1) is 38.7. The molecule has 0 saturated heterocycles. The number of nitrogens with zero attached hydrogens (tertiary/aromatic N) is 2. The quantitative estimate of drug-likeness (QED) is 0.0715. The number of rotatable bonds is 23. The molecule has 8 nitrogen and oxygen atoms in total. The van der Waals surface area contributed by atoms with Crippen LogP contribution >= 0.6 is 0 Å². The van der Waals surface area contributed by atoms with Gasteiger partial charge in [-0.05, 0) is 38.0 Å². The van der Waals surface area contributed by atoms with E-state index in [0.717, 1.165) is 26.1 Å². The molecule has 0 bridgehead atoms. The van der Waals surface area contributed by atoms with E-state index in [9.17, 15) is 0 Å². The van der Waals surface area contributed by atoms with Gasteiger partial charge in [0.2, 0.25) is 5.69 Å². The van der Waals surface area contributed by atoms with E-state index >= 15 is 0 Å². The predicted octanol–water partition coefficient (Wildman–Crippen LogP) is 7.00. The maximum Gasteiger partial charge on any atom is 0.209 e. The highest BCUT2D eigenvalue weighted by molar-refractivity contribution is 6.03. The van der Waals surface area contributed by atoms with Gasteiger partial charge < -0.3 is 33.3 Å². The third-order valence-corrected chi connectivity index (χ3v) is 9.14. The smallest absolute Gasteiger partial charge is 0.209 e. The first-order chi connectivity index (χ1) is 23.8. The molecule has 8 heteroatoms. The zero-order valence-corrected chi connectivity index (χ0v) is 30.7. The van der Waals surface area contributed by atoms with Crippen LogP contribution in [0.15, 0.2) is 84.6 Å². The van der Waals surface area contributed by atoms with Gasteiger partial charge in [0.15, 0.2) is 12.3 Å². The molecular weight excluding hydrogens is 616 g/mol. The van der Waals surface area contributed by atoms with Crippen molar-refractivity contribution in [2.45, 2.75) is 51.9 Å². The van der Waals surface area contributed by atoms with Gasteiger partial charge in [-0.25, -0.2) is 0 Å². The van der Waals surface area contributed by atoms with Crippen molar-refractivity contribution in [3.63, 3.8) is 0 Å². The van der Waals surface area contributed by atoms with Crippen LogP contribution in [0.5, 0.6) is 0 Å². The monoisotopic (exact) mass is 675 g/mol. The molecule has 0 aromatic heterocycles. The fourth-order valence-corrected chi connectivity index (χ4v) is 6.58. The van der Waals surface area contributed by atoms with Crippen LogP contribution in [0, 0.1) is 0 Å². The van der Waals surface area contributed by atoms with E-state index in [1.807, 2.05) is 0 Å². The SMILES string of the molecule is CCCOCCOCCN1/C(=C/C=C\C=C/C2=[N+](CCOCCOCCOCCOC)c3ccccc3C2(C)C)C(C)(C)c2ccccc21. The summed E-state index contributed by atoms with van der Waals surface area (Å²) in [6.07, 6.45) is 12.0. The predicted molar refractivity (Wildman–Crippen MR) is 199 cm³/mol. The van der Waals surface area contributed by atoms with Crippen LogP contribution in [-0.2, 0) is 39.3 Å². The largest absolute Gasteiger partial charge is 0.382 e. The lowest BCUT2D eigenvalue weighted by Gasteiger charge is -2.27. The number of benzene rings is 2. The highest BCUT2D eigenvalue weighted by Crippen LogP contribution is 2.47. The summed E-state index contributed by atoms with van der Waals surface area (Å²) in [7, 11) is 1.67. The standard InChI is InChI=1S/C41H59N2O6/c1-7-23-45-28-29-46-24-21-42-36-17-13-11-15-34(36)40(2,3)38(42)19-9-8-10-20-39-41(4,5)35-16-12-14-18-37(35)43(39)22-25-47-30-31-49-33-32-48-27-26-44-6/h8-20H,7,21-33H2,1-6H3/q+1. The van der Waals surface area contributed by atoms with Gasteiger partial charge >= 0.3 is 0 Å². The molecule has 0 amide bonds. The Morgan fingerprint density at radius 2 is 1.22 bits per heavy atom. The lowest BCUT2D eigenvalue weighted by Crippen LogP contribution is -2.29. The second kappa shape index (κ2) is 19.9. The van der Waals surface area contributed by atoms with Crippen LogP contribution < -0.4 is 4.90 Å². The number of fused-ring (bicyclic) bond motifs is 2. The van der Waals surface area contributed by atoms with E-state index in [-0.39, 0.29) is 10.8 Å². The Hall–Kier alpha value is -3.11. The molecule has 2 aromatic rings. The Bertz CT molecular complexity index is 1430. The van der Waals surface area contributed by atoms with Crippen molar-refractivity contribution < 1.29 is 33.0 Å². The molecule has 0 aliphatic carbocycles. The van der Waals surface area contributed by atoms with Crippen molar-refractivity contribution in [3.8, 4) is 0 Å². The molecule has 0 radical (unpaired) electrons. The molecule has 0 unspecified atom stereocenters. The molecule has 0 atom stereocenters. The van der Waals surface area contributed by atoms with Gasteiger partial charge in [-0.2, -0.15) is 4.58 Å². The summed E-state index contributed by atoms with van der Waals surface area (Å²) in [5.74, 6) is 0. The van der Waals surface area contributed by atoms with Crippen molar-refractivity contribution in [3.05, 3.63) is 95.7 Å². The molecule has 0 fully saturated rings. The fraction of sp³-hybridized carbons (Fsp3) is 0.537. The number of para-hydroxylation sites is 2. The van der Waals surface area contributed by atoms with E-state index < -0.39 is 0 Å². The summed E-state index contributed by atoms with van der Waals surface area (Å²) in [4.78, 5) is 2.41. The van der Waals surface area contributed by atoms with Crippen molar-refractivity contribution in [2.24, 2.45) is 0 Å². The highest BCUT2D eigenvalue weighted by Gasteiger charge is 2.44. The van der Waals surface area contributed by atoms with Crippen LogP contribution in [0.1, 0.15) is 52.2 Å². The Balaban J connectivity index is 1.39. The fourth-order valence-electron chi connectivity index (χ4n) is 6.58. The van der Waals surface area contributed by atoms with Crippen molar-refractivity contribution in [1.29, 1.82) is 0 Å². The van der Waals surface area contributed by atoms with E-state index in [4.69, 9.17) is 28.4 Å². The third kappa shape index (κ3) is 10.5. The summed E-state index contributed by atoms with van der Waals surface area (Å²) in [6, 6.07) is 17.4. The topological polar surface area (TPSA) is 61.6 Å². The van der Waals surface area contributed by atoms with Gasteiger partial charge in [0.05, 0.1) is 64.9 Å². The minimum Gasteiger partial charge on any atom is -0.382 e. The molecule has 0 spiro atoms. The number of allylic oxidation sites excluding steroid dienone is 6. The summed E-state index contributed by atoms with van der Waals surface area (Å²) < 4.78 is 36.0. The van der Waals surface area contributed by atoms with Gasteiger partial charge in [0.25, 0.3) is 0 Å². The molecule has 0 N–H and O–H groups in total. The molecular formula is C41H59N2O6+. The number of anilines is 1. The number of ether oxygens (including phenoxy) is 6. The van der Waals surface area contributed by atoms with Crippen LogP contribution in [0.25, 0.3) is 0 Å². The first-order valence-electron chi connectivity index (χ1n) is 17.9. The van der Waals surface area contributed by atoms with E-state index in [1.54, 1.807) is 7.11 Å². The zero-order chi connectivity index (χ0) is 35.0. The first-order valence-corrected chi connectivity index (χ1v) is 17.9. The molecule has 49 heavy (non-hydrogen) atoms. The van der Waals surface area contributed by atoms with Gasteiger partial charge in [-0.3, -0.25) is 0 Å². The number of hydrogen-bond donors (Lipinski definition) is 0. The molecule has 4 rings (SSSR count). The van der Waals surface area contributed by atoms with Crippen LogP contribution in [0.4, 0.5) is 11.4 Å². The molecule has 2 heterocycles. The van der Waals surface area contributed by atoms with Crippen molar-refractivity contribution in [2.75, 3.05) is 97.8 Å². The molecule has 2 aliphatic heterocycles. The molecule has 0 saturated carbocycles. The Morgan fingerprint density at radius 3 is 1.92 bits per heavy atom. The maximum absolute atomic E-state index is 5.98. The molecule has 268 valence electrons. The zero-order valence-electron chi connectivity index (χ0n) is 30.7. The summed E-state index contributed by atoms with van der Waals surface area (Å²) in [5, 5.41) is 0. The van der Waals surface area contributed by atoms with E-state index in [1.165, 1.54) is 33.9 Å². The van der Waals surface area contributed by atoms with Crippen LogP contribution in [0.3, 0.4) is 0 Å². The number of methoxy groups -OCH3 is 1. The Morgan fingerprint density at radius 1 is 0.633 bits per heavy atom. The van der Waals surface area contributed by atoms with Crippen molar-refractivity contribution in [1.82, 2.24) is 0 Å². The highest BCUT2D eigenvalue weighted by atomic mass is 16.6. The molecule has 2 aromatic carbocycles. The average molecular weight is 676 g/mol. The maximum atomic E-state index is 5.98. The van der Waals surface area contributed by atoms with Crippen LogP contribution in [0.2, 0.25) is 0 Å². The normalized spacial score (nSPS) is 17.3. The van der Waals surface area contributed by atoms with Gasteiger partial charge in [0.1, 0.15) is 6.61 Å². The minimum atomic E-state index is -0.126. The van der Waals surface area contributed by atoms with E-state index in [2.05, 4.69) is 123 Å². The van der Waals surface area contributed by atoms with Gasteiger partial charge in [-0.1, -0.05) is 75.4 Å². The minimum absolute atomic E-state index is 0.113. The third-order valence-electron chi connectivity index (χ3n) is 9.14. The van der Waals surface area contributed by atoms with E-state index in [0.29, 0.717) is 66.1 Å². The van der Waals surface area contributed by atoms with Crippen LogP contribution in [-0.4, -0.2) is 103 Å². The Kier molecular flexibility index (Phi) is 15.7. The summed E-state index contributed by atoms with van der Waals surface area (Å²) >= 11 is 0. The summed E-state index contributed by atoms with van der Waals surface area (Å²) in [6.45, 7) is 19.6.